The summed E-state index contributed by atoms with van der Waals surface area (Å²) in [6.07, 6.45) is 3.14. The number of hydrogen-bond acceptors (Lipinski definition) is 3. The minimum absolute atomic E-state index is 0.278. The van der Waals surface area contributed by atoms with Gasteiger partial charge in [0.1, 0.15) is 11.5 Å². The molecule has 0 atom stereocenters. The van der Waals surface area contributed by atoms with Gasteiger partial charge >= 0.3 is 4.90 Å². The monoisotopic (exact) mass is 142 g/mol. The molecule has 1 aromatic heterocycles. The maximum absolute atomic E-state index is 5.07. The molecule has 0 amide bonds. The van der Waals surface area contributed by atoms with Gasteiger partial charge in [0.15, 0.2) is 0 Å². The van der Waals surface area contributed by atoms with Crippen LogP contribution in [0.4, 0.5) is 0 Å². The van der Waals surface area contributed by atoms with Gasteiger partial charge < -0.3 is 8.83 Å². The second kappa shape index (κ2) is 1.70. The maximum atomic E-state index is 5.07. The van der Waals surface area contributed by atoms with Crippen molar-refractivity contribution >= 4 is 12.2 Å². The van der Waals surface area contributed by atoms with E-state index in [2.05, 4.69) is 12.2 Å². The van der Waals surface area contributed by atoms with Crippen molar-refractivity contribution in [2.24, 2.45) is 0 Å². The van der Waals surface area contributed by atoms with Gasteiger partial charge in [-0.05, 0) is 6.42 Å². The Morgan fingerprint density at radius 3 is 2.22 bits per heavy atom. The van der Waals surface area contributed by atoms with Gasteiger partial charge in [0.05, 0.1) is 0 Å². The molecule has 0 unspecified atom stereocenters. The van der Waals surface area contributed by atoms with Crippen molar-refractivity contribution < 1.29 is 8.83 Å². The van der Waals surface area contributed by atoms with E-state index in [0.29, 0.717) is 0 Å². The van der Waals surface area contributed by atoms with Crippen molar-refractivity contribution in [1.82, 2.24) is 0 Å². The van der Waals surface area contributed by atoms with E-state index in [0.717, 1.165) is 30.8 Å². The molecule has 0 saturated heterocycles. The molecular weight excluding hydrogens is 136 g/mol. The Morgan fingerprint density at radius 1 is 1.11 bits per heavy atom. The van der Waals surface area contributed by atoms with Gasteiger partial charge in [0.2, 0.25) is 0 Å². The molecule has 3 heteroatoms. The Labute approximate surface area is 57.5 Å². The van der Waals surface area contributed by atoms with Crippen molar-refractivity contribution in [3.05, 3.63) is 16.4 Å². The molecule has 1 aromatic rings. The average Bonchev–Trinajstić information content (AvgIpc) is 2.22. The smallest absolute Gasteiger partial charge is 0.363 e. The van der Waals surface area contributed by atoms with Crippen LogP contribution < -0.4 is 0 Å². The van der Waals surface area contributed by atoms with E-state index in [9.17, 15) is 0 Å². The zero-order valence-corrected chi connectivity index (χ0v) is 5.66. The molecule has 1 heterocycles. The first kappa shape index (κ1) is 5.23. The number of aryl methyl sites for hydroxylation is 2. The van der Waals surface area contributed by atoms with Crippen LogP contribution in [0.3, 0.4) is 0 Å². The SMILES string of the molecule is S=c1oc2c(o1)CCC2. The fourth-order valence-corrected chi connectivity index (χ4v) is 1.33. The lowest BCUT2D eigenvalue weighted by atomic mass is 10.4. The first-order chi connectivity index (χ1) is 4.36. The molecule has 0 radical (unpaired) electrons. The van der Waals surface area contributed by atoms with Gasteiger partial charge in [-0.2, -0.15) is 0 Å². The summed E-state index contributed by atoms with van der Waals surface area (Å²) in [6.45, 7) is 0. The van der Waals surface area contributed by atoms with Gasteiger partial charge in [-0.1, -0.05) is 0 Å². The zero-order valence-electron chi connectivity index (χ0n) is 4.85. The van der Waals surface area contributed by atoms with Crippen LogP contribution in [-0.4, -0.2) is 0 Å². The van der Waals surface area contributed by atoms with Crippen molar-refractivity contribution in [1.29, 1.82) is 0 Å². The van der Waals surface area contributed by atoms with Crippen molar-refractivity contribution in [3.8, 4) is 0 Å². The molecule has 0 saturated carbocycles. The third-order valence-electron chi connectivity index (χ3n) is 1.53. The Balaban J connectivity index is 2.64. The van der Waals surface area contributed by atoms with Crippen molar-refractivity contribution in [3.63, 3.8) is 0 Å². The molecular formula is C6H6O2S. The summed E-state index contributed by atoms with van der Waals surface area (Å²) < 4.78 is 10.1. The lowest BCUT2D eigenvalue weighted by Gasteiger charge is -1.76. The lowest BCUT2D eigenvalue weighted by Crippen LogP contribution is -1.67. The average molecular weight is 142 g/mol. The predicted octanol–water partition coefficient (Wildman–Crippen LogP) is 2.09. The topological polar surface area (TPSA) is 26.3 Å². The largest absolute Gasteiger partial charge is 0.418 e. The molecule has 2 nitrogen and oxygen atoms in total. The minimum atomic E-state index is 0.278. The Hall–Kier alpha value is -0.570. The summed E-state index contributed by atoms with van der Waals surface area (Å²) in [5.74, 6) is 1.92. The molecule has 0 aliphatic heterocycles. The Morgan fingerprint density at radius 2 is 1.67 bits per heavy atom. The van der Waals surface area contributed by atoms with Crippen LogP contribution in [0.5, 0.6) is 0 Å². The minimum Gasteiger partial charge on any atom is -0.418 e. The predicted molar refractivity (Wildman–Crippen MR) is 33.8 cm³/mol. The van der Waals surface area contributed by atoms with Crippen LogP contribution in [0.2, 0.25) is 0 Å². The summed E-state index contributed by atoms with van der Waals surface area (Å²) in [4.78, 5) is 0.278. The highest BCUT2D eigenvalue weighted by Gasteiger charge is 2.16. The maximum Gasteiger partial charge on any atom is 0.363 e. The number of hydrogen-bond donors (Lipinski definition) is 0. The highest BCUT2D eigenvalue weighted by Crippen LogP contribution is 2.22. The fourth-order valence-electron chi connectivity index (χ4n) is 1.13. The van der Waals surface area contributed by atoms with E-state index in [-0.39, 0.29) is 4.90 Å². The molecule has 0 bridgehead atoms. The second-order valence-corrected chi connectivity index (χ2v) is 2.49. The summed E-state index contributed by atoms with van der Waals surface area (Å²) in [7, 11) is 0. The molecule has 0 N–H and O–H groups in total. The van der Waals surface area contributed by atoms with Gasteiger partial charge in [-0.25, -0.2) is 0 Å². The van der Waals surface area contributed by atoms with Gasteiger partial charge in [0.25, 0.3) is 0 Å². The third-order valence-corrected chi connectivity index (χ3v) is 1.70. The number of fused-ring (bicyclic) bond motifs is 1. The molecule has 0 aromatic carbocycles. The quantitative estimate of drug-likeness (QED) is 0.519. The van der Waals surface area contributed by atoms with E-state index in [1.54, 1.807) is 0 Å². The zero-order chi connectivity index (χ0) is 6.27. The first-order valence-corrected chi connectivity index (χ1v) is 3.39. The van der Waals surface area contributed by atoms with Crippen LogP contribution in [0.15, 0.2) is 8.83 Å². The van der Waals surface area contributed by atoms with E-state index in [4.69, 9.17) is 8.83 Å². The lowest BCUT2D eigenvalue weighted by molar-refractivity contribution is 0.386. The summed E-state index contributed by atoms with van der Waals surface area (Å²) in [5, 5.41) is 0. The normalized spacial score (nSPS) is 16.0. The second-order valence-electron chi connectivity index (χ2n) is 2.15. The van der Waals surface area contributed by atoms with E-state index < -0.39 is 0 Å². The standard InChI is InChI=1S/C6H6O2S/c9-6-7-4-2-1-3-5(4)8-6/h1-3H2. The van der Waals surface area contributed by atoms with E-state index >= 15 is 0 Å². The van der Waals surface area contributed by atoms with Crippen LogP contribution >= 0.6 is 12.2 Å². The highest BCUT2D eigenvalue weighted by molar-refractivity contribution is 7.71. The molecule has 1 aliphatic carbocycles. The third kappa shape index (κ3) is 0.721. The van der Waals surface area contributed by atoms with Crippen LogP contribution in [0.1, 0.15) is 17.9 Å². The summed E-state index contributed by atoms with van der Waals surface area (Å²) in [5.41, 5.74) is 0. The van der Waals surface area contributed by atoms with Crippen LogP contribution in [0.25, 0.3) is 0 Å². The first-order valence-electron chi connectivity index (χ1n) is 2.98. The van der Waals surface area contributed by atoms with Crippen LogP contribution in [-0.2, 0) is 12.8 Å². The fraction of sp³-hybridized carbons (Fsp3) is 0.500. The van der Waals surface area contributed by atoms with Crippen LogP contribution in [0, 0.1) is 4.90 Å². The van der Waals surface area contributed by atoms with Gasteiger partial charge in [0, 0.05) is 25.1 Å². The van der Waals surface area contributed by atoms with Gasteiger partial charge in [-0.3, -0.25) is 0 Å². The van der Waals surface area contributed by atoms with Crippen molar-refractivity contribution in [2.75, 3.05) is 0 Å². The summed E-state index contributed by atoms with van der Waals surface area (Å²) >= 11 is 4.69. The van der Waals surface area contributed by atoms with E-state index in [1.165, 1.54) is 0 Å². The molecule has 1 aliphatic rings. The van der Waals surface area contributed by atoms with Crippen molar-refractivity contribution in [2.45, 2.75) is 19.3 Å². The molecule has 48 valence electrons. The molecule has 0 fully saturated rings. The summed E-state index contributed by atoms with van der Waals surface area (Å²) in [6, 6.07) is 0. The molecule has 0 spiro atoms. The highest BCUT2D eigenvalue weighted by atomic mass is 32.1. The molecule has 9 heavy (non-hydrogen) atoms. The molecule has 2 rings (SSSR count). The van der Waals surface area contributed by atoms with Gasteiger partial charge in [-0.15, -0.1) is 0 Å². The Kier molecular flexibility index (Phi) is 0.990. The Bertz CT molecular complexity index is 246. The van der Waals surface area contributed by atoms with E-state index in [1.807, 2.05) is 0 Å². The number of rotatable bonds is 0.